The van der Waals surface area contributed by atoms with Crippen LogP contribution < -0.4 is 0 Å². The zero-order valence-electron chi connectivity index (χ0n) is 11.4. The number of carbonyl (C=O) groups is 2. The first kappa shape index (κ1) is 14.6. The fourth-order valence-electron chi connectivity index (χ4n) is 2.46. The summed E-state index contributed by atoms with van der Waals surface area (Å²) in [6.45, 7) is 2.32. The summed E-state index contributed by atoms with van der Waals surface area (Å²) >= 11 is 6.84. The molecule has 1 aromatic carbocycles. The summed E-state index contributed by atoms with van der Waals surface area (Å²) in [6, 6.07) is 7.19. The van der Waals surface area contributed by atoms with Crippen LogP contribution in [0.3, 0.4) is 0 Å². The lowest BCUT2D eigenvalue weighted by molar-refractivity contribution is -0.124. The van der Waals surface area contributed by atoms with Gasteiger partial charge in [0.2, 0.25) is 0 Å². The molecule has 0 unspecified atom stereocenters. The van der Waals surface area contributed by atoms with Crippen molar-refractivity contribution in [3.05, 3.63) is 39.8 Å². The molecular formula is C15H15ClN2O2S. The van der Waals surface area contributed by atoms with E-state index in [1.807, 2.05) is 12.1 Å². The molecule has 2 aliphatic rings. The number of rotatable bonds is 3. The van der Waals surface area contributed by atoms with Crippen molar-refractivity contribution in [1.82, 2.24) is 9.80 Å². The van der Waals surface area contributed by atoms with Crippen molar-refractivity contribution in [3.63, 3.8) is 0 Å². The third-order valence-electron chi connectivity index (χ3n) is 3.58. The highest BCUT2D eigenvalue weighted by Gasteiger charge is 2.36. The van der Waals surface area contributed by atoms with E-state index in [0.29, 0.717) is 16.6 Å². The zero-order valence-corrected chi connectivity index (χ0v) is 13.0. The maximum Gasteiger partial charge on any atom is 0.294 e. The summed E-state index contributed by atoms with van der Waals surface area (Å²) in [5.41, 5.74) is 0.867. The maximum absolute atomic E-state index is 12.3. The molecule has 2 heterocycles. The number of likely N-dealkylation sites (tertiary alicyclic amines) is 1. The van der Waals surface area contributed by atoms with Gasteiger partial charge < -0.3 is 0 Å². The lowest BCUT2D eigenvalue weighted by Crippen LogP contribution is -2.38. The lowest BCUT2D eigenvalue weighted by atomic mass is 10.2. The number of carbonyl (C=O) groups excluding carboxylic acids is 2. The predicted molar refractivity (Wildman–Crippen MR) is 84.9 cm³/mol. The number of halogens is 1. The Morgan fingerprint density at radius 3 is 2.48 bits per heavy atom. The quantitative estimate of drug-likeness (QED) is 0.799. The highest BCUT2D eigenvalue weighted by molar-refractivity contribution is 8.18. The molecule has 1 aromatic rings. The minimum absolute atomic E-state index is 0.188. The zero-order chi connectivity index (χ0) is 14.8. The second kappa shape index (κ2) is 6.22. The van der Waals surface area contributed by atoms with Crippen molar-refractivity contribution in [2.75, 3.05) is 19.8 Å². The molecule has 2 aliphatic heterocycles. The largest absolute Gasteiger partial charge is 0.294 e. The van der Waals surface area contributed by atoms with Crippen molar-refractivity contribution in [3.8, 4) is 0 Å². The molecule has 4 nitrogen and oxygen atoms in total. The fourth-order valence-corrected chi connectivity index (χ4v) is 3.41. The number of benzene rings is 1. The van der Waals surface area contributed by atoms with E-state index in [2.05, 4.69) is 4.90 Å². The monoisotopic (exact) mass is 322 g/mol. The molecule has 3 rings (SSSR count). The summed E-state index contributed by atoms with van der Waals surface area (Å²) < 4.78 is 0. The van der Waals surface area contributed by atoms with Gasteiger partial charge in [0.1, 0.15) is 0 Å². The van der Waals surface area contributed by atoms with Gasteiger partial charge in [-0.25, -0.2) is 0 Å². The molecule has 2 fully saturated rings. The summed E-state index contributed by atoms with van der Waals surface area (Å²) in [6.07, 6.45) is 4.01. The Morgan fingerprint density at radius 1 is 1.14 bits per heavy atom. The van der Waals surface area contributed by atoms with Crippen LogP contribution in [-0.2, 0) is 4.79 Å². The van der Waals surface area contributed by atoms with Gasteiger partial charge in [-0.2, -0.15) is 0 Å². The lowest BCUT2D eigenvalue weighted by Gasteiger charge is -2.20. The minimum atomic E-state index is -0.202. The highest BCUT2D eigenvalue weighted by Crippen LogP contribution is 2.32. The molecule has 0 aromatic heterocycles. The summed E-state index contributed by atoms with van der Waals surface area (Å²) in [5.74, 6) is -0.202. The van der Waals surface area contributed by atoms with Crippen LogP contribution in [0.1, 0.15) is 18.4 Å². The van der Waals surface area contributed by atoms with E-state index < -0.39 is 0 Å². The predicted octanol–water partition coefficient (Wildman–Crippen LogP) is 3.43. The van der Waals surface area contributed by atoms with Gasteiger partial charge in [-0.1, -0.05) is 23.7 Å². The van der Waals surface area contributed by atoms with Gasteiger partial charge in [0.25, 0.3) is 11.1 Å². The van der Waals surface area contributed by atoms with E-state index >= 15 is 0 Å². The summed E-state index contributed by atoms with van der Waals surface area (Å²) in [5, 5.41) is 0.460. The molecule has 110 valence electrons. The van der Waals surface area contributed by atoms with E-state index in [1.165, 1.54) is 4.90 Å². The van der Waals surface area contributed by atoms with Crippen LogP contribution in [0.5, 0.6) is 0 Å². The number of imide groups is 1. The standard InChI is InChI=1S/C15H15ClN2O2S/c16-12-5-3-11(4-6-12)9-13-14(19)18(15(20)21-13)10-17-7-1-2-8-17/h3-6,9H,1-2,7-8,10H2/b13-9+. The van der Waals surface area contributed by atoms with E-state index in [4.69, 9.17) is 11.6 Å². The molecule has 0 bridgehead atoms. The molecule has 0 aliphatic carbocycles. The second-order valence-electron chi connectivity index (χ2n) is 5.13. The summed E-state index contributed by atoms with van der Waals surface area (Å²) in [4.78, 5) is 28.3. The molecule has 0 radical (unpaired) electrons. The number of amides is 2. The number of hydrogen-bond donors (Lipinski definition) is 0. The molecule has 0 N–H and O–H groups in total. The summed E-state index contributed by atoms with van der Waals surface area (Å²) in [7, 11) is 0. The van der Waals surface area contributed by atoms with Gasteiger partial charge in [-0.15, -0.1) is 0 Å². The Kier molecular flexibility index (Phi) is 4.33. The van der Waals surface area contributed by atoms with Crippen molar-refractivity contribution < 1.29 is 9.59 Å². The maximum atomic E-state index is 12.3. The molecule has 2 amide bonds. The van der Waals surface area contributed by atoms with Crippen LogP contribution in [0.4, 0.5) is 4.79 Å². The number of nitrogens with zero attached hydrogens (tertiary/aromatic N) is 2. The van der Waals surface area contributed by atoms with Crippen molar-refractivity contribution in [2.24, 2.45) is 0 Å². The third-order valence-corrected chi connectivity index (χ3v) is 4.74. The molecule has 0 atom stereocenters. The van der Waals surface area contributed by atoms with Gasteiger partial charge in [0.15, 0.2) is 0 Å². The van der Waals surface area contributed by atoms with Crippen LogP contribution in [0.15, 0.2) is 29.2 Å². The molecule has 0 spiro atoms. The van der Waals surface area contributed by atoms with Crippen molar-refractivity contribution in [2.45, 2.75) is 12.8 Å². The topological polar surface area (TPSA) is 40.6 Å². The van der Waals surface area contributed by atoms with E-state index in [9.17, 15) is 9.59 Å². The Bertz CT molecular complexity index is 594. The molecule has 2 saturated heterocycles. The molecule has 6 heteroatoms. The first-order valence-corrected chi connectivity index (χ1v) is 8.06. The first-order chi connectivity index (χ1) is 10.1. The molecule has 21 heavy (non-hydrogen) atoms. The Balaban J connectivity index is 1.74. The Labute approximate surface area is 132 Å². The van der Waals surface area contributed by atoms with Crippen LogP contribution in [0.2, 0.25) is 5.02 Å². The highest BCUT2D eigenvalue weighted by atomic mass is 35.5. The van der Waals surface area contributed by atoms with Gasteiger partial charge in [0, 0.05) is 5.02 Å². The molecular weight excluding hydrogens is 308 g/mol. The van der Waals surface area contributed by atoms with Crippen LogP contribution >= 0.6 is 23.4 Å². The van der Waals surface area contributed by atoms with Crippen molar-refractivity contribution in [1.29, 1.82) is 0 Å². The van der Waals surface area contributed by atoms with E-state index in [1.54, 1.807) is 18.2 Å². The van der Waals surface area contributed by atoms with Gasteiger partial charge in [-0.3, -0.25) is 19.4 Å². The fraction of sp³-hybridized carbons (Fsp3) is 0.333. The number of thioether (sulfide) groups is 1. The smallest absolute Gasteiger partial charge is 0.286 e. The Morgan fingerprint density at radius 2 is 1.81 bits per heavy atom. The van der Waals surface area contributed by atoms with Crippen LogP contribution in [0, 0.1) is 0 Å². The van der Waals surface area contributed by atoms with Crippen LogP contribution in [0.25, 0.3) is 6.08 Å². The second-order valence-corrected chi connectivity index (χ2v) is 6.56. The number of hydrogen-bond acceptors (Lipinski definition) is 4. The normalized spacial score (nSPS) is 21.8. The average Bonchev–Trinajstić information content (AvgIpc) is 3.06. The minimum Gasteiger partial charge on any atom is -0.286 e. The van der Waals surface area contributed by atoms with Crippen molar-refractivity contribution >= 4 is 40.6 Å². The van der Waals surface area contributed by atoms with Gasteiger partial charge in [0.05, 0.1) is 11.6 Å². The molecule has 0 saturated carbocycles. The van der Waals surface area contributed by atoms with E-state index in [0.717, 1.165) is 43.3 Å². The average molecular weight is 323 g/mol. The van der Waals surface area contributed by atoms with Gasteiger partial charge in [-0.05, 0) is 61.5 Å². The third kappa shape index (κ3) is 3.31. The van der Waals surface area contributed by atoms with Gasteiger partial charge >= 0.3 is 0 Å². The van der Waals surface area contributed by atoms with E-state index in [-0.39, 0.29) is 11.1 Å². The first-order valence-electron chi connectivity index (χ1n) is 6.87. The van der Waals surface area contributed by atoms with Crippen LogP contribution in [-0.4, -0.2) is 40.7 Å². The SMILES string of the molecule is O=C1S/C(=C/c2ccc(Cl)cc2)C(=O)N1CN1CCCC1. The Hall–Kier alpha value is -1.30.